The molecule has 1 atom stereocenters. The molecule has 0 amide bonds. The molecule has 0 N–H and O–H groups in total. The van der Waals surface area contributed by atoms with Crippen LogP contribution in [-0.2, 0) is 33.4 Å². The summed E-state index contributed by atoms with van der Waals surface area (Å²) in [6.45, 7) is 8.99. The van der Waals surface area contributed by atoms with Gasteiger partial charge in [-0.05, 0) is 13.8 Å². The van der Waals surface area contributed by atoms with Crippen LogP contribution in [0, 0.1) is 5.41 Å². The summed E-state index contributed by atoms with van der Waals surface area (Å²) in [7, 11) is 2.33. The average molecular weight is 312 g/mol. The van der Waals surface area contributed by atoms with E-state index >= 15 is 0 Å². The van der Waals surface area contributed by atoms with Crippen molar-refractivity contribution in [1.82, 2.24) is 0 Å². The van der Waals surface area contributed by atoms with Crippen LogP contribution in [0.2, 0.25) is 0 Å². The Morgan fingerprint density at radius 2 is 1.41 bits per heavy atom. The van der Waals surface area contributed by atoms with Gasteiger partial charge in [0.1, 0.15) is 17.8 Å². The molecule has 22 heavy (non-hydrogen) atoms. The van der Waals surface area contributed by atoms with Crippen LogP contribution in [0.25, 0.3) is 0 Å². The van der Waals surface area contributed by atoms with Gasteiger partial charge in [-0.25, -0.2) is 9.59 Å². The van der Waals surface area contributed by atoms with Gasteiger partial charge in [0.05, 0.1) is 19.8 Å². The highest BCUT2D eigenvalue weighted by Gasteiger charge is 2.41. The van der Waals surface area contributed by atoms with Crippen molar-refractivity contribution in [3.8, 4) is 0 Å². The Hall–Kier alpha value is -2.44. The van der Waals surface area contributed by atoms with Gasteiger partial charge in [0.25, 0.3) is 0 Å². The minimum atomic E-state index is -1.61. The summed E-state index contributed by atoms with van der Waals surface area (Å²) in [5.74, 6) is -2.85. The molecule has 0 aromatic carbocycles. The number of hydrogen-bond donors (Lipinski definition) is 0. The van der Waals surface area contributed by atoms with Gasteiger partial charge in [0.2, 0.25) is 0 Å². The van der Waals surface area contributed by atoms with Crippen LogP contribution in [0.1, 0.15) is 20.3 Å². The second kappa shape index (κ2) is 8.11. The maximum absolute atomic E-state index is 12.1. The number of ether oxygens (including phenoxy) is 3. The summed E-state index contributed by atoms with van der Waals surface area (Å²) in [6.07, 6.45) is -0.251. The van der Waals surface area contributed by atoms with Crippen molar-refractivity contribution in [2.45, 2.75) is 20.3 Å². The molecule has 1 unspecified atom stereocenters. The number of ketones is 1. The van der Waals surface area contributed by atoms with Gasteiger partial charge in [-0.15, -0.1) is 0 Å². The molecule has 0 saturated carbocycles. The van der Waals surface area contributed by atoms with Crippen molar-refractivity contribution in [2.24, 2.45) is 5.41 Å². The van der Waals surface area contributed by atoms with E-state index in [-0.39, 0.29) is 17.6 Å². The molecule has 0 saturated heterocycles. The Morgan fingerprint density at radius 3 is 1.82 bits per heavy atom. The first-order chi connectivity index (χ1) is 10.1. The van der Waals surface area contributed by atoms with Crippen LogP contribution in [0.5, 0.6) is 0 Å². The molecule has 7 nitrogen and oxygen atoms in total. The van der Waals surface area contributed by atoms with Gasteiger partial charge >= 0.3 is 17.9 Å². The van der Waals surface area contributed by atoms with Crippen molar-refractivity contribution < 1.29 is 33.4 Å². The molecule has 0 heterocycles. The fourth-order valence-corrected chi connectivity index (χ4v) is 1.50. The number of esters is 3. The molecule has 0 bridgehead atoms. The summed E-state index contributed by atoms with van der Waals surface area (Å²) in [4.78, 5) is 46.4. The Bertz CT molecular complexity index is 518. The zero-order chi connectivity index (χ0) is 17.5. The van der Waals surface area contributed by atoms with Crippen molar-refractivity contribution in [3.63, 3.8) is 0 Å². The van der Waals surface area contributed by atoms with E-state index in [4.69, 9.17) is 4.74 Å². The lowest BCUT2D eigenvalue weighted by atomic mass is 9.80. The van der Waals surface area contributed by atoms with E-state index in [9.17, 15) is 19.2 Å². The zero-order valence-corrected chi connectivity index (χ0v) is 13.2. The van der Waals surface area contributed by atoms with Gasteiger partial charge in [-0.3, -0.25) is 9.59 Å². The van der Waals surface area contributed by atoms with Gasteiger partial charge in [-0.1, -0.05) is 13.2 Å². The first-order valence-corrected chi connectivity index (χ1v) is 6.30. The van der Waals surface area contributed by atoms with E-state index in [1.807, 2.05) is 0 Å². The second-order valence-corrected chi connectivity index (χ2v) is 4.83. The zero-order valence-electron chi connectivity index (χ0n) is 13.2. The molecular formula is C15H20O7. The lowest BCUT2D eigenvalue weighted by Crippen LogP contribution is -2.38. The molecule has 0 fully saturated rings. The standard InChI is InChI=1S/C15H20O7/c1-9(12(17)20-5)7-15(4,11(3)16)14(19)22-8-10(2)13(18)21-6/h1-2,7-8H2,3-6H3. The predicted octanol–water partition coefficient (Wildman–Crippen LogP) is 0.973. The minimum absolute atomic E-state index is 0.0380. The summed E-state index contributed by atoms with van der Waals surface area (Å²) in [5.41, 5.74) is -1.72. The predicted molar refractivity (Wildman–Crippen MR) is 76.7 cm³/mol. The van der Waals surface area contributed by atoms with Crippen LogP contribution in [0.4, 0.5) is 0 Å². The van der Waals surface area contributed by atoms with E-state index < -0.39 is 35.7 Å². The first-order valence-electron chi connectivity index (χ1n) is 6.30. The molecular weight excluding hydrogens is 292 g/mol. The highest BCUT2D eigenvalue weighted by atomic mass is 16.5. The number of carbonyl (C=O) groups excluding carboxylic acids is 4. The SMILES string of the molecule is C=C(COC(=O)C(C)(CC(=C)C(=O)OC)C(C)=O)C(=O)OC. The average Bonchev–Trinajstić information content (AvgIpc) is 2.49. The van der Waals surface area contributed by atoms with Crippen LogP contribution in [-0.4, -0.2) is 44.5 Å². The molecule has 0 aliphatic heterocycles. The molecule has 0 spiro atoms. The topological polar surface area (TPSA) is 96.0 Å². The molecule has 0 aromatic rings. The summed E-state index contributed by atoms with van der Waals surface area (Å²) >= 11 is 0. The molecule has 0 rings (SSSR count). The van der Waals surface area contributed by atoms with E-state index in [1.165, 1.54) is 13.8 Å². The lowest BCUT2D eigenvalue weighted by molar-refractivity contribution is -0.158. The van der Waals surface area contributed by atoms with Crippen molar-refractivity contribution >= 4 is 23.7 Å². The quantitative estimate of drug-likeness (QED) is 0.285. The fraction of sp³-hybridized carbons (Fsp3) is 0.467. The van der Waals surface area contributed by atoms with Crippen molar-refractivity contribution in [3.05, 3.63) is 24.3 Å². The number of carbonyl (C=O) groups is 4. The van der Waals surface area contributed by atoms with Crippen LogP contribution in [0.3, 0.4) is 0 Å². The van der Waals surface area contributed by atoms with E-state index in [0.29, 0.717) is 0 Å². The number of rotatable bonds is 8. The Morgan fingerprint density at radius 1 is 0.955 bits per heavy atom. The fourth-order valence-electron chi connectivity index (χ4n) is 1.50. The second-order valence-electron chi connectivity index (χ2n) is 4.83. The van der Waals surface area contributed by atoms with Crippen molar-refractivity contribution in [1.29, 1.82) is 0 Å². The van der Waals surface area contributed by atoms with Crippen molar-refractivity contribution in [2.75, 3.05) is 20.8 Å². The van der Waals surface area contributed by atoms with Gasteiger partial charge in [0.15, 0.2) is 0 Å². The van der Waals surface area contributed by atoms with E-state index in [1.54, 1.807) is 0 Å². The van der Waals surface area contributed by atoms with Gasteiger partial charge < -0.3 is 14.2 Å². The Balaban J connectivity index is 5.01. The molecule has 0 aromatic heterocycles. The lowest BCUT2D eigenvalue weighted by Gasteiger charge is -2.24. The molecule has 7 heteroatoms. The first kappa shape index (κ1) is 19.6. The summed E-state index contributed by atoms with van der Waals surface area (Å²) in [6, 6.07) is 0. The van der Waals surface area contributed by atoms with Crippen LogP contribution in [0.15, 0.2) is 24.3 Å². The third-order valence-electron chi connectivity index (χ3n) is 3.12. The third-order valence-corrected chi connectivity index (χ3v) is 3.12. The minimum Gasteiger partial charge on any atom is -0.466 e. The van der Waals surface area contributed by atoms with Crippen LogP contribution >= 0.6 is 0 Å². The molecule has 122 valence electrons. The molecule has 0 aliphatic rings. The number of methoxy groups -OCH3 is 2. The van der Waals surface area contributed by atoms with Gasteiger partial charge in [0, 0.05) is 12.0 Å². The summed E-state index contributed by atoms with van der Waals surface area (Å²) < 4.78 is 13.8. The smallest absolute Gasteiger partial charge is 0.336 e. The largest absolute Gasteiger partial charge is 0.466 e. The number of hydrogen-bond acceptors (Lipinski definition) is 7. The molecule has 0 radical (unpaired) electrons. The van der Waals surface area contributed by atoms with Gasteiger partial charge in [-0.2, -0.15) is 0 Å². The summed E-state index contributed by atoms with van der Waals surface area (Å²) in [5, 5.41) is 0. The highest BCUT2D eigenvalue weighted by molar-refractivity contribution is 6.04. The maximum Gasteiger partial charge on any atom is 0.336 e. The Labute approximate surface area is 128 Å². The van der Waals surface area contributed by atoms with Crippen LogP contribution < -0.4 is 0 Å². The van der Waals surface area contributed by atoms with E-state index in [0.717, 1.165) is 14.2 Å². The monoisotopic (exact) mass is 312 g/mol. The normalized spacial score (nSPS) is 12.5. The third kappa shape index (κ3) is 4.83. The number of Topliss-reactive ketones (excluding diaryl/α,β-unsaturated/α-hetero) is 1. The van der Waals surface area contributed by atoms with E-state index in [2.05, 4.69) is 22.6 Å². The Kier molecular flexibility index (Phi) is 7.21. The molecule has 0 aliphatic carbocycles. The highest BCUT2D eigenvalue weighted by Crippen LogP contribution is 2.29. The maximum atomic E-state index is 12.1.